The van der Waals surface area contributed by atoms with Crippen LogP contribution in [0.4, 0.5) is 0 Å². The van der Waals surface area contributed by atoms with Crippen molar-refractivity contribution < 1.29 is 0 Å². The van der Waals surface area contributed by atoms with Gasteiger partial charge in [-0.2, -0.15) is 9.61 Å². The molecule has 0 amide bonds. The van der Waals surface area contributed by atoms with Crippen LogP contribution in [-0.4, -0.2) is 26.5 Å². The van der Waals surface area contributed by atoms with Gasteiger partial charge in [0.25, 0.3) is 5.56 Å². The molecule has 0 radical (unpaired) electrons. The maximum atomic E-state index is 12.1. The Morgan fingerprint density at radius 3 is 2.87 bits per heavy atom. The summed E-state index contributed by atoms with van der Waals surface area (Å²) in [6.45, 7) is 4.52. The zero-order valence-electron chi connectivity index (χ0n) is 13.2. The SMILES string of the molecule is Cc1nn2c(=O)cc(CN(C)[C@H](C)c3ccccc3Cl)nc2s1. The van der Waals surface area contributed by atoms with E-state index in [-0.39, 0.29) is 11.6 Å². The molecule has 2 heterocycles. The van der Waals surface area contributed by atoms with E-state index in [4.69, 9.17) is 11.6 Å². The second-order valence-corrected chi connectivity index (χ2v) is 7.08. The maximum Gasteiger partial charge on any atom is 0.275 e. The smallest absolute Gasteiger partial charge is 0.275 e. The molecule has 0 N–H and O–H groups in total. The fourth-order valence-electron chi connectivity index (χ4n) is 2.48. The average molecular weight is 349 g/mol. The minimum Gasteiger partial charge on any atom is -0.294 e. The lowest BCUT2D eigenvalue weighted by Gasteiger charge is -2.25. The van der Waals surface area contributed by atoms with Gasteiger partial charge in [0.2, 0.25) is 4.96 Å². The molecule has 23 heavy (non-hydrogen) atoms. The Balaban J connectivity index is 1.86. The molecule has 1 atom stereocenters. The van der Waals surface area contributed by atoms with Crippen LogP contribution in [0.3, 0.4) is 0 Å². The van der Waals surface area contributed by atoms with Crippen LogP contribution in [0.15, 0.2) is 35.1 Å². The number of hydrogen-bond acceptors (Lipinski definition) is 5. The highest BCUT2D eigenvalue weighted by atomic mass is 35.5. The van der Waals surface area contributed by atoms with Crippen LogP contribution in [0.1, 0.15) is 29.2 Å². The van der Waals surface area contributed by atoms with Crippen LogP contribution in [0.2, 0.25) is 5.02 Å². The Labute approximate surface area is 143 Å². The van der Waals surface area contributed by atoms with Gasteiger partial charge < -0.3 is 0 Å². The number of fused-ring (bicyclic) bond motifs is 1. The zero-order valence-corrected chi connectivity index (χ0v) is 14.7. The summed E-state index contributed by atoms with van der Waals surface area (Å²) >= 11 is 7.69. The molecule has 0 unspecified atom stereocenters. The summed E-state index contributed by atoms with van der Waals surface area (Å²) in [6.07, 6.45) is 0. The van der Waals surface area contributed by atoms with E-state index < -0.39 is 0 Å². The first kappa shape index (κ1) is 16.1. The first-order valence-electron chi connectivity index (χ1n) is 7.27. The van der Waals surface area contributed by atoms with Crippen LogP contribution in [0, 0.1) is 6.92 Å². The third-order valence-corrected chi connectivity index (χ3v) is 5.00. The molecule has 0 spiro atoms. The van der Waals surface area contributed by atoms with Crippen molar-refractivity contribution >= 4 is 27.9 Å². The van der Waals surface area contributed by atoms with Gasteiger partial charge >= 0.3 is 0 Å². The number of halogens is 1. The van der Waals surface area contributed by atoms with Gasteiger partial charge in [-0.15, -0.1) is 0 Å². The molecular weight excluding hydrogens is 332 g/mol. The van der Waals surface area contributed by atoms with Crippen molar-refractivity contribution in [2.75, 3.05) is 7.05 Å². The Bertz CT molecular complexity index is 904. The molecule has 0 aliphatic carbocycles. The molecule has 0 saturated carbocycles. The lowest BCUT2D eigenvalue weighted by atomic mass is 10.1. The molecule has 0 aliphatic rings. The highest BCUT2D eigenvalue weighted by Gasteiger charge is 2.16. The summed E-state index contributed by atoms with van der Waals surface area (Å²) in [5.41, 5.74) is 1.65. The van der Waals surface area contributed by atoms with Gasteiger partial charge in [-0.25, -0.2) is 4.98 Å². The number of rotatable bonds is 4. The lowest BCUT2D eigenvalue weighted by molar-refractivity contribution is 0.250. The van der Waals surface area contributed by atoms with E-state index in [1.807, 2.05) is 38.2 Å². The standard InChI is InChI=1S/C16H17ClN4OS/c1-10(13-6-4-5-7-14(13)17)20(3)9-12-8-15(22)21-16(18-12)23-11(2)19-21/h4-8,10H,9H2,1-3H3/t10-/m1/s1. The van der Waals surface area contributed by atoms with E-state index in [0.717, 1.165) is 21.3 Å². The van der Waals surface area contributed by atoms with Crippen molar-refractivity contribution in [3.8, 4) is 0 Å². The first-order chi connectivity index (χ1) is 11.0. The molecule has 0 fully saturated rings. The monoisotopic (exact) mass is 348 g/mol. The van der Waals surface area contributed by atoms with Crippen LogP contribution in [0.25, 0.3) is 4.96 Å². The Morgan fingerprint density at radius 2 is 2.13 bits per heavy atom. The molecule has 1 aromatic carbocycles. The maximum absolute atomic E-state index is 12.1. The van der Waals surface area contributed by atoms with Gasteiger partial charge in [-0.05, 0) is 32.5 Å². The predicted octanol–water partition coefficient (Wildman–Crippen LogP) is 3.31. The fourth-order valence-corrected chi connectivity index (χ4v) is 3.54. The van der Waals surface area contributed by atoms with Crippen molar-refractivity contribution in [2.45, 2.75) is 26.4 Å². The van der Waals surface area contributed by atoms with E-state index in [1.165, 1.54) is 15.9 Å². The molecule has 0 bridgehead atoms. The third kappa shape index (κ3) is 3.29. The van der Waals surface area contributed by atoms with E-state index in [9.17, 15) is 4.79 Å². The second-order valence-electron chi connectivity index (χ2n) is 5.51. The summed E-state index contributed by atoms with van der Waals surface area (Å²) in [4.78, 5) is 19.4. The van der Waals surface area contributed by atoms with Crippen LogP contribution >= 0.6 is 22.9 Å². The van der Waals surface area contributed by atoms with Crippen molar-refractivity contribution in [1.29, 1.82) is 0 Å². The Hall–Kier alpha value is -1.76. The number of nitrogens with zero attached hydrogens (tertiary/aromatic N) is 4. The Morgan fingerprint density at radius 1 is 1.39 bits per heavy atom. The van der Waals surface area contributed by atoms with Crippen LogP contribution < -0.4 is 5.56 Å². The van der Waals surface area contributed by atoms with Crippen molar-refractivity contribution in [3.05, 3.63) is 62.0 Å². The fraction of sp³-hybridized carbons (Fsp3) is 0.312. The first-order valence-corrected chi connectivity index (χ1v) is 8.46. The number of benzene rings is 1. The highest BCUT2D eigenvalue weighted by molar-refractivity contribution is 7.16. The van der Waals surface area contributed by atoms with Crippen LogP contribution in [0.5, 0.6) is 0 Å². The van der Waals surface area contributed by atoms with Gasteiger partial charge in [0, 0.05) is 23.7 Å². The van der Waals surface area contributed by atoms with E-state index in [1.54, 1.807) is 6.07 Å². The molecule has 5 nitrogen and oxygen atoms in total. The quantitative estimate of drug-likeness (QED) is 0.725. The van der Waals surface area contributed by atoms with Gasteiger partial charge in [0.15, 0.2) is 0 Å². The van der Waals surface area contributed by atoms with Gasteiger partial charge in [-0.1, -0.05) is 41.1 Å². The molecule has 0 aliphatic heterocycles. The Kier molecular flexibility index (Phi) is 4.48. The van der Waals surface area contributed by atoms with Gasteiger partial charge in [0.05, 0.1) is 5.69 Å². The third-order valence-electron chi connectivity index (χ3n) is 3.83. The summed E-state index contributed by atoms with van der Waals surface area (Å²) in [6, 6.07) is 9.46. The molecule has 3 rings (SSSR count). The molecule has 3 aromatic rings. The summed E-state index contributed by atoms with van der Waals surface area (Å²) < 4.78 is 1.35. The number of aromatic nitrogens is 3. The summed E-state index contributed by atoms with van der Waals surface area (Å²) in [7, 11) is 2.00. The number of aryl methyl sites for hydroxylation is 1. The van der Waals surface area contributed by atoms with Crippen molar-refractivity contribution in [3.63, 3.8) is 0 Å². The number of hydrogen-bond donors (Lipinski definition) is 0. The minimum atomic E-state index is -0.145. The topological polar surface area (TPSA) is 50.5 Å². The predicted molar refractivity (Wildman–Crippen MR) is 93.2 cm³/mol. The zero-order chi connectivity index (χ0) is 16.6. The minimum absolute atomic E-state index is 0.118. The molecule has 2 aromatic heterocycles. The average Bonchev–Trinajstić information content (AvgIpc) is 2.88. The normalized spacial score (nSPS) is 12.9. The summed E-state index contributed by atoms with van der Waals surface area (Å²) in [5.74, 6) is 0. The van der Waals surface area contributed by atoms with Crippen molar-refractivity contribution in [1.82, 2.24) is 19.5 Å². The van der Waals surface area contributed by atoms with E-state index in [0.29, 0.717) is 11.5 Å². The largest absolute Gasteiger partial charge is 0.294 e. The highest BCUT2D eigenvalue weighted by Crippen LogP contribution is 2.26. The lowest BCUT2D eigenvalue weighted by Crippen LogP contribution is -2.24. The van der Waals surface area contributed by atoms with Crippen molar-refractivity contribution in [2.24, 2.45) is 0 Å². The molecular formula is C16H17ClN4OS. The van der Waals surface area contributed by atoms with Gasteiger partial charge in [-0.3, -0.25) is 9.69 Å². The molecule has 120 valence electrons. The van der Waals surface area contributed by atoms with E-state index >= 15 is 0 Å². The van der Waals surface area contributed by atoms with Crippen LogP contribution in [-0.2, 0) is 6.54 Å². The molecule has 7 heteroatoms. The van der Waals surface area contributed by atoms with Gasteiger partial charge in [0.1, 0.15) is 5.01 Å². The second kappa shape index (κ2) is 6.39. The summed E-state index contributed by atoms with van der Waals surface area (Å²) in [5, 5.41) is 5.72. The molecule has 0 saturated heterocycles. The van der Waals surface area contributed by atoms with E-state index in [2.05, 4.69) is 21.9 Å².